The van der Waals surface area contributed by atoms with Crippen LogP contribution in [0.2, 0.25) is 0 Å². The highest BCUT2D eigenvalue weighted by Crippen LogP contribution is 2.33. The van der Waals surface area contributed by atoms with Crippen molar-refractivity contribution in [2.45, 2.75) is 56.3 Å². The summed E-state index contributed by atoms with van der Waals surface area (Å²) >= 11 is 2.92. The Balaban J connectivity index is 2.16. The Morgan fingerprint density at radius 3 is 2.46 bits per heavy atom. The Labute approximate surface area is 170 Å². The molecule has 0 saturated carbocycles. The highest BCUT2D eigenvalue weighted by atomic mass is 79.9. The molecule has 2 rings (SSSR count). The molecule has 1 atom stereocenters. The zero-order valence-corrected chi connectivity index (χ0v) is 18.0. The molecule has 6 nitrogen and oxygen atoms in total. The molecule has 158 valence electrons. The Morgan fingerprint density at radius 2 is 1.89 bits per heavy atom. The Morgan fingerprint density at radius 1 is 1.25 bits per heavy atom. The van der Waals surface area contributed by atoms with E-state index in [2.05, 4.69) is 20.7 Å². The Bertz CT molecular complexity index is 838. The second-order valence-corrected chi connectivity index (χ2v) is 10.2. The molecule has 1 N–H and O–H groups in total. The third-order valence-corrected chi connectivity index (χ3v) is 5.86. The molecular formula is C17H22BrF3N2O4S. The van der Waals surface area contributed by atoms with E-state index in [9.17, 15) is 26.4 Å². The maximum absolute atomic E-state index is 13.0. The average molecular weight is 487 g/mol. The van der Waals surface area contributed by atoms with Gasteiger partial charge < -0.3 is 9.64 Å². The fourth-order valence-corrected chi connectivity index (χ4v) is 4.71. The van der Waals surface area contributed by atoms with Gasteiger partial charge in [0.25, 0.3) is 0 Å². The zero-order valence-electron chi connectivity index (χ0n) is 15.6. The van der Waals surface area contributed by atoms with Crippen LogP contribution in [0.3, 0.4) is 0 Å². The number of alkyl halides is 3. The van der Waals surface area contributed by atoms with E-state index in [0.29, 0.717) is 25.5 Å². The van der Waals surface area contributed by atoms with E-state index in [-0.39, 0.29) is 11.0 Å². The molecule has 0 unspecified atom stereocenters. The molecule has 1 saturated heterocycles. The molecule has 11 heteroatoms. The van der Waals surface area contributed by atoms with Gasteiger partial charge in [0.2, 0.25) is 10.0 Å². The van der Waals surface area contributed by atoms with Crippen molar-refractivity contribution in [3.8, 4) is 0 Å². The number of piperidine rings is 1. The Hall–Kier alpha value is -1.33. The Kier molecular flexibility index (Phi) is 6.72. The van der Waals surface area contributed by atoms with Crippen molar-refractivity contribution in [3.63, 3.8) is 0 Å². The summed E-state index contributed by atoms with van der Waals surface area (Å²) < 4.78 is 71.8. The van der Waals surface area contributed by atoms with Crippen LogP contribution >= 0.6 is 15.9 Å². The molecule has 1 aromatic carbocycles. The van der Waals surface area contributed by atoms with Gasteiger partial charge >= 0.3 is 12.3 Å². The van der Waals surface area contributed by atoms with Crippen LogP contribution in [0.1, 0.15) is 39.2 Å². The summed E-state index contributed by atoms with van der Waals surface area (Å²) in [6, 6.07) is 1.87. The second kappa shape index (κ2) is 8.19. The second-order valence-electron chi connectivity index (χ2n) is 7.56. The zero-order chi connectivity index (χ0) is 21.3. The smallest absolute Gasteiger partial charge is 0.416 e. The first-order chi connectivity index (χ1) is 12.7. The fourth-order valence-electron chi connectivity index (χ4n) is 2.73. The van der Waals surface area contributed by atoms with Crippen molar-refractivity contribution in [2.75, 3.05) is 13.1 Å². The number of benzene rings is 1. The number of nitrogens with zero attached hydrogens (tertiary/aromatic N) is 1. The first-order valence-electron chi connectivity index (χ1n) is 8.55. The van der Waals surface area contributed by atoms with Crippen LogP contribution in [0.4, 0.5) is 18.0 Å². The summed E-state index contributed by atoms with van der Waals surface area (Å²) in [5.74, 6) is 0. The van der Waals surface area contributed by atoms with Crippen LogP contribution in [0.5, 0.6) is 0 Å². The highest BCUT2D eigenvalue weighted by Gasteiger charge is 2.34. The molecule has 28 heavy (non-hydrogen) atoms. The topological polar surface area (TPSA) is 75.7 Å². The van der Waals surface area contributed by atoms with E-state index < -0.39 is 44.4 Å². The minimum atomic E-state index is -4.67. The first kappa shape index (κ1) is 23.0. The van der Waals surface area contributed by atoms with Gasteiger partial charge in [-0.1, -0.05) is 15.9 Å². The van der Waals surface area contributed by atoms with E-state index in [1.54, 1.807) is 20.8 Å². The van der Waals surface area contributed by atoms with Crippen molar-refractivity contribution in [1.82, 2.24) is 9.62 Å². The standard InChI is InChI=1S/C17H22BrF3N2O4S/c1-16(2,3)27-15(24)23-6-4-5-13(10-23)22-28(25,26)14-8-11(17(19,20)21)7-12(18)9-14/h7-9,13,22H,4-6,10H2,1-3H3/t13-/m1/s1. The molecule has 0 radical (unpaired) electrons. The number of rotatable bonds is 3. The lowest BCUT2D eigenvalue weighted by Gasteiger charge is -2.34. The number of nitrogens with one attached hydrogen (secondary N) is 1. The number of halogens is 4. The van der Waals surface area contributed by atoms with Gasteiger partial charge in [0.1, 0.15) is 5.60 Å². The number of hydrogen-bond donors (Lipinski definition) is 1. The largest absolute Gasteiger partial charge is 0.444 e. The maximum Gasteiger partial charge on any atom is 0.416 e. The minimum absolute atomic E-state index is 0.00160. The van der Waals surface area contributed by atoms with Gasteiger partial charge in [-0.25, -0.2) is 17.9 Å². The molecule has 1 aromatic rings. The summed E-state index contributed by atoms with van der Waals surface area (Å²) in [6.07, 6.45) is -4.23. The van der Waals surface area contributed by atoms with Crippen LogP contribution in [-0.2, 0) is 20.9 Å². The first-order valence-corrected chi connectivity index (χ1v) is 10.8. The average Bonchev–Trinajstić information content (AvgIpc) is 2.51. The molecule has 1 heterocycles. The van der Waals surface area contributed by atoms with Gasteiger partial charge in [-0.15, -0.1) is 0 Å². The van der Waals surface area contributed by atoms with Crippen molar-refractivity contribution in [3.05, 3.63) is 28.2 Å². The van der Waals surface area contributed by atoms with Crippen LogP contribution in [-0.4, -0.2) is 44.1 Å². The van der Waals surface area contributed by atoms with Gasteiger partial charge in [0, 0.05) is 23.6 Å². The van der Waals surface area contributed by atoms with E-state index in [4.69, 9.17) is 4.74 Å². The number of carbonyl (C=O) groups excluding carboxylic acids is 1. The molecule has 0 aliphatic carbocycles. The van der Waals surface area contributed by atoms with Crippen molar-refractivity contribution < 1.29 is 31.1 Å². The molecule has 1 aliphatic heterocycles. The van der Waals surface area contributed by atoms with Crippen LogP contribution in [0.15, 0.2) is 27.6 Å². The molecule has 1 amide bonds. The number of ether oxygens (including phenoxy) is 1. The third kappa shape index (κ3) is 6.35. The van der Waals surface area contributed by atoms with Crippen LogP contribution in [0, 0.1) is 0 Å². The molecule has 0 bridgehead atoms. The summed E-state index contributed by atoms with van der Waals surface area (Å²) in [5, 5.41) is 0. The normalized spacial score (nSPS) is 18.8. The molecule has 0 aromatic heterocycles. The monoisotopic (exact) mass is 486 g/mol. The molecule has 0 spiro atoms. The number of likely N-dealkylation sites (tertiary alicyclic amines) is 1. The lowest BCUT2D eigenvalue weighted by atomic mass is 10.1. The van der Waals surface area contributed by atoms with Crippen molar-refractivity contribution in [2.24, 2.45) is 0 Å². The number of amides is 1. The predicted octanol–water partition coefficient (Wildman–Crippen LogP) is 4.15. The fraction of sp³-hybridized carbons (Fsp3) is 0.588. The summed E-state index contributed by atoms with van der Waals surface area (Å²) in [5.41, 5.74) is -1.75. The quantitative estimate of drug-likeness (QED) is 0.696. The predicted molar refractivity (Wildman–Crippen MR) is 100 cm³/mol. The van der Waals surface area contributed by atoms with Crippen molar-refractivity contribution in [1.29, 1.82) is 0 Å². The number of hydrogen-bond acceptors (Lipinski definition) is 4. The van der Waals surface area contributed by atoms with Gasteiger partial charge in [-0.3, -0.25) is 0 Å². The molecule has 1 fully saturated rings. The summed E-state index contributed by atoms with van der Waals surface area (Å²) in [6.45, 7) is 5.66. The maximum atomic E-state index is 13.0. The molecule has 1 aliphatic rings. The van der Waals surface area contributed by atoms with Crippen LogP contribution in [0.25, 0.3) is 0 Å². The summed E-state index contributed by atoms with van der Waals surface area (Å²) in [4.78, 5) is 13.1. The summed E-state index contributed by atoms with van der Waals surface area (Å²) in [7, 11) is -4.21. The van der Waals surface area contributed by atoms with E-state index in [1.807, 2.05) is 0 Å². The van der Waals surface area contributed by atoms with E-state index >= 15 is 0 Å². The lowest BCUT2D eigenvalue weighted by Crippen LogP contribution is -2.50. The number of carbonyl (C=O) groups is 1. The highest BCUT2D eigenvalue weighted by molar-refractivity contribution is 9.10. The van der Waals surface area contributed by atoms with E-state index in [0.717, 1.165) is 12.1 Å². The molecular weight excluding hydrogens is 465 g/mol. The van der Waals surface area contributed by atoms with Gasteiger partial charge in [-0.05, 0) is 51.8 Å². The minimum Gasteiger partial charge on any atom is -0.444 e. The third-order valence-electron chi connectivity index (χ3n) is 3.90. The number of sulfonamides is 1. The van der Waals surface area contributed by atoms with Gasteiger partial charge in [-0.2, -0.15) is 13.2 Å². The van der Waals surface area contributed by atoms with E-state index in [1.165, 1.54) is 4.90 Å². The van der Waals surface area contributed by atoms with Gasteiger partial charge in [0.05, 0.1) is 10.5 Å². The van der Waals surface area contributed by atoms with Gasteiger partial charge in [0.15, 0.2) is 0 Å². The SMILES string of the molecule is CC(C)(C)OC(=O)N1CCC[C@@H](NS(=O)(=O)c2cc(Br)cc(C(F)(F)F)c2)C1. The van der Waals surface area contributed by atoms with Crippen LogP contribution < -0.4 is 4.72 Å². The lowest BCUT2D eigenvalue weighted by molar-refractivity contribution is -0.137. The van der Waals surface area contributed by atoms with Crippen molar-refractivity contribution >= 4 is 32.0 Å².